The molecule has 0 aliphatic carbocycles. The van der Waals surface area contributed by atoms with Gasteiger partial charge in [-0.1, -0.05) is 16.7 Å². The van der Waals surface area contributed by atoms with Crippen LogP contribution in [0.25, 0.3) is 0 Å². The first-order chi connectivity index (χ1) is 7.13. The van der Waals surface area contributed by atoms with Crippen molar-refractivity contribution < 1.29 is 23.8 Å². The number of hydrogen-bond donors (Lipinski definition) is 2. The highest BCUT2D eigenvalue weighted by atomic mass is 31.1. The molecule has 0 saturated carbocycles. The van der Waals surface area contributed by atoms with E-state index in [0.29, 0.717) is 17.9 Å². The molecule has 0 amide bonds. The highest BCUT2D eigenvalue weighted by Gasteiger charge is 2.21. The Balaban J connectivity index is 2.66. The average molecular weight is 231 g/mol. The van der Waals surface area contributed by atoms with E-state index in [1.54, 1.807) is 24.3 Å². The molecule has 0 radical (unpaired) electrons. The van der Waals surface area contributed by atoms with E-state index < -0.39 is 14.5 Å². The maximum atomic E-state index is 10.3. The molecule has 6 heteroatoms. The summed E-state index contributed by atoms with van der Waals surface area (Å²) in [6, 6.07) is 6.43. The molecular weight excluding hydrogens is 219 g/mol. The summed E-state index contributed by atoms with van der Waals surface area (Å²) < 4.78 is 19.8. The standard InChI is InChI=1S/C9H11O5P/c1-2-13-8-5-3-7(4-6-8)9(10)14-15(11)12/h3-6,9-10H,2H2,1H3/p+1. The summed E-state index contributed by atoms with van der Waals surface area (Å²) in [5, 5.41) is 9.30. The van der Waals surface area contributed by atoms with E-state index in [2.05, 4.69) is 4.52 Å². The van der Waals surface area contributed by atoms with Gasteiger partial charge in [0.05, 0.1) is 6.61 Å². The number of ether oxygens (including phenoxy) is 1. The van der Waals surface area contributed by atoms with Gasteiger partial charge < -0.3 is 9.84 Å². The third-order valence-electron chi connectivity index (χ3n) is 1.67. The highest BCUT2D eigenvalue weighted by molar-refractivity contribution is 7.32. The molecule has 2 unspecified atom stereocenters. The third-order valence-corrected chi connectivity index (χ3v) is 2.05. The van der Waals surface area contributed by atoms with Crippen LogP contribution in [0.3, 0.4) is 0 Å². The number of hydrogen-bond acceptors (Lipinski definition) is 4. The topological polar surface area (TPSA) is 76.0 Å². The molecule has 0 spiro atoms. The van der Waals surface area contributed by atoms with E-state index in [9.17, 15) is 9.67 Å². The summed E-state index contributed by atoms with van der Waals surface area (Å²) in [5.74, 6) is 0.668. The van der Waals surface area contributed by atoms with Gasteiger partial charge >= 0.3 is 8.25 Å². The Kier molecular flexibility index (Phi) is 4.65. The van der Waals surface area contributed by atoms with Crippen molar-refractivity contribution in [2.75, 3.05) is 6.61 Å². The molecule has 1 aromatic carbocycles. The second kappa shape index (κ2) is 5.78. The summed E-state index contributed by atoms with van der Waals surface area (Å²) in [6.07, 6.45) is -1.39. The second-order valence-electron chi connectivity index (χ2n) is 2.70. The van der Waals surface area contributed by atoms with Crippen LogP contribution < -0.4 is 4.74 Å². The Morgan fingerprint density at radius 3 is 2.47 bits per heavy atom. The quantitative estimate of drug-likeness (QED) is 0.596. The maximum absolute atomic E-state index is 10.3. The Bertz CT molecular complexity index is 324. The van der Waals surface area contributed by atoms with Crippen LogP contribution in [0.15, 0.2) is 24.3 Å². The summed E-state index contributed by atoms with van der Waals surface area (Å²) in [4.78, 5) is 8.43. The first-order valence-electron chi connectivity index (χ1n) is 4.37. The molecule has 0 saturated heterocycles. The lowest BCUT2D eigenvalue weighted by Crippen LogP contribution is -1.98. The van der Waals surface area contributed by atoms with Gasteiger partial charge in [-0.3, -0.25) is 0 Å². The van der Waals surface area contributed by atoms with Gasteiger partial charge in [0, 0.05) is 10.1 Å². The van der Waals surface area contributed by atoms with Crippen molar-refractivity contribution >= 4 is 8.25 Å². The molecule has 2 atom stereocenters. The minimum atomic E-state index is -2.81. The van der Waals surface area contributed by atoms with Crippen molar-refractivity contribution in [3.05, 3.63) is 29.8 Å². The monoisotopic (exact) mass is 231 g/mol. The minimum Gasteiger partial charge on any atom is -0.494 e. The van der Waals surface area contributed by atoms with Crippen molar-refractivity contribution in [3.8, 4) is 5.75 Å². The smallest absolute Gasteiger partial charge is 0.494 e. The zero-order valence-corrected chi connectivity index (χ0v) is 9.05. The molecule has 82 valence electrons. The van der Waals surface area contributed by atoms with Crippen LogP contribution in [-0.2, 0) is 9.09 Å². The molecule has 0 bridgehead atoms. The minimum absolute atomic E-state index is 0.399. The molecule has 0 aromatic heterocycles. The Hall–Kier alpha value is -1.00. The fourth-order valence-electron chi connectivity index (χ4n) is 1.04. The van der Waals surface area contributed by atoms with E-state index in [1.165, 1.54) is 0 Å². The molecule has 15 heavy (non-hydrogen) atoms. The molecule has 1 aromatic rings. The molecule has 1 rings (SSSR count). The van der Waals surface area contributed by atoms with E-state index >= 15 is 0 Å². The zero-order valence-electron chi connectivity index (χ0n) is 8.16. The Labute approximate surface area is 88.2 Å². The van der Waals surface area contributed by atoms with Crippen LogP contribution in [0.5, 0.6) is 5.75 Å². The molecule has 0 heterocycles. The molecule has 5 nitrogen and oxygen atoms in total. The van der Waals surface area contributed by atoms with E-state index in [-0.39, 0.29) is 0 Å². The Morgan fingerprint density at radius 2 is 2.00 bits per heavy atom. The van der Waals surface area contributed by atoms with Gasteiger partial charge in [-0.2, -0.15) is 0 Å². The number of aliphatic hydroxyl groups excluding tert-OH is 1. The third kappa shape index (κ3) is 3.93. The highest BCUT2D eigenvalue weighted by Crippen LogP contribution is 2.27. The van der Waals surface area contributed by atoms with Gasteiger partial charge in [0.1, 0.15) is 5.75 Å². The van der Waals surface area contributed by atoms with Crippen LogP contribution in [-0.4, -0.2) is 16.6 Å². The lowest BCUT2D eigenvalue weighted by Gasteiger charge is -2.05. The van der Waals surface area contributed by atoms with Crippen LogP contribution in [0.1, 0.15) is 18.8 Å². The van der Waals surface area contributed by atoms with Crippen molar-refractivity contribution in [1.82, 2.24) is 0 Å². The molecule has 0 aliphatic rings. The van der Waals surface area contributed by atoms with Crippen LogP contribution in [0.2, 0.25) is 0 Å². The van der Waals surface area contributed by atoms with Crippen LogP contribution in [0, 0.1) is 0 Å². The summed E-state index contributed by atoms with van der Waals surface area (Å²) in [6.45, 7) is 2.42. The average Bonchev–Trinajstić information content (AvgIpc) is 2.18. The number of aliphatic hydroxyl groups is 1. The van der Waals surface area contributed by atoms with E-state index in [0.717, 1.165) is 0 Å². The zero-order chi connectivity index (χ0) is 11.3. The van der Waals surface area contributed by atoms with Gasteiger partial charge in [-0.05, 0) is 19.1 Å². The predicted molar refractivity (Wildman–Crippen MR) is 53.5 cm³/mol. The van der Waals surface area contributed by atoms with Crippen molar-refractivity contribution in [2.45, 2.75) is 13.2 Å². The summed E-state index contributed by atoms with van der Waals surface area (Å²) in [5.41, 5.74) is 0.399. The first kappa shape index (κ1) is 12.1. The summed E-state index contributed by atoms with van der Waals surface area (Å²) >= 11 is 0. The van der Waals surface area contributed by atoms with E-state index in [4.69, 9.17) is 9.63 Å². The van der Waals surface area contributed by atoms with Gasteiger partial charge in [0.25, 0.3) is 0 Å². The Morgan fingerprint density at radius 1 is 1.40 bits per heavy atom. The largest absolute Gasteiger partial charge is 0.697 e. The molecule has 0 aliphatic heterocycles. The van der Waals surface area contributed by atoms with Gasteiger partial charge in [0.15, 0.2) is 0 Å². The lowest BCUT2D eigenvalue weighted by atomic mass is 10.2. The molecule has 0 fully saturated rings. The lowest BCUT2D eigenvalue weighted by molar-refractivity contribution is -0.0207. The number of benzene rings is 1. The SMILES string of the molecule is CCOc1ccc(C(O)O[P+](=O)O)cc1. The molecule has 2 N–H and O–H groups in total. The van der Waals surface area contributed by atoms with Gasteiger partial charge in [-0.15, -0.1) is 4.89 Å². The number of rotatable bonds is 5. The van der Waals surface area contributed by atoms with Crippen LogP contribution >= 0.6 is 8.25 Å². The van der Waals surface area contributed by atoms with Gasteiger partial charge in [0.2, 0.25) is 6.29 Å². The van der Waals surface area contributed by atoms with Crippen molar-refractivity contribution in [1.29, 1.82) is 0 Å². The van der Waals surface area contributed by atoms with E-state index in [1.807, 2.05) is 6.92 Å². The van der Waals surface area contributed by atoms with Crippen LogP contribution in [0.4, 0.5) is 0 Å². The van der Waals surface area contributed by atoms with Crippen molar-refractivity contribution in [2.24, 2.45) is 0 Å². The van der Waals surface area contributed by atoms with Crippen molar-refractivity contribution in [3.63, 3.8) is 0 Å². The first-order valence-corrected chi connectivity index (χ1v) is 5.50. The second-order valence-corrected chi connectivity index (χ2v) is 3.38. The van der Waals surface area contributed by atoms with Gasteiger partial charge in [-0.25, -0.2) is 0 Å². The predicted octanol–water partition coefficient (Wildman–Crippen LogP) is 1.74. The maximum Gasteiger partial charge on any atom is 0.697 e. The fourth-order valence-corrected chi connectivity index (χ4v) is 1.33. The normalized spacial score (nSPS) is 13.4. The molecular formula is C9H12O5P+. The summed E-state index contributed by atoms with van der Waals surface area (Å²) in [7, 11) is -2.81. The fraction of sp³-hybridized carbons (Fsp3) is 0.333.